The van der Waals surface area contributed by atoms with Crippen LogP contribution in [0.15, 0.2) is 12.3 Å². The van der Waals surface area contributed by atoms with Crippen LogP contribution in [-0.4, -0.2) is 26.5 Å². The van der Waals surface area contributed by atoms with Crippen LogP contribution >= 0.6 is 0 Å². The molecule has 2 aromatic rings. The molecule has 3 rings (SSSR count). The van der Waals surface area contributed by atoms with Gasteiger partial charge in [-0.15, -0.1) is 0 Å². The summed E-state index contributed by atoms with van der Waals surface area (Å²) >= 11 is 0. The molecule has 0 atom stereocenters. The van der Waals surface area contributed by atoms with E-state index in [0.717, 1.165) is 43.1 Å². The Balaban J connectivity index is 2.05. The van der Waals surface area contributed by atoms with Crippen LogP contribution < -0.4 is 5.32 Å². The second-order valence-corrected chi connectivity index (χ2v) is 5.44. The Morgan fingerprint density at radius 3 is 2.81 bits per heavy atom. The van der Waals surface area contributed by atoms with E-state index in [-0.39, 0.29) is 0 Å². The normalized spacial score (nSPS) is 13.8. The van der Waals surface area contributed by atoms with Gasteiger partial charge < -0.3 is 5.32 Å². The Morgan fingerprint density at radius 1 is 1.14 bits per heavy atom. The number of aryl methyl sites for hydroxylation is 2. The van der Waals surface area contributed by atoms with Crippen molar-refractivity contribution in [3.8, 4) is 11.5 Å². The Morgan fingerprint density at radius 2 is 2.00 bits per heavy atom. The molecule has 1 N–H and O–H groups in total. The Hall–Kier alpha value is -2.04. The zero-order valence-corrected chi connectivity index (χ0v) is 12.7. The van der Waals surface area contributed by atoms with Gasteiger partial charge >= 0.3 is 0 Å². The highest BCUT2D eigenvalue weighted by molar-refractivity contribution is 5.57. The van der Waals surface area contributed by atoms with E-state index in [9.17, 15) is 0 Å². The second-order valence-electron chi connectivity index (χ2n) is 5.44. The number of anilines is 1. The van der Waals surface area contributed by atoms with E-state index in [4.69, 9.17) is 9.97 Å². The van der Waals surface area contributed by atoms with Gasteiger partial charge in [0, 0.05) is 24.0 Å². The highest BCUT2D eigenvalue weighted by Crippen LogP contribution is 2.27. The van der Waals surface area contributed by atoms with Gasteiger partial charge in [0.05, 0.1) is 0 Å². The molecule has 2 aromatic heterocycles. The number of hydrogen-bond donors (Lipinski definition) is 1. The van der Waals surface area contributed by atoms with E-state index in [1.807, 2.05) is 13.0 Å². The van der Waals surface area contributed by atoms with Crippen molar-refractivity contribution >= 4 is 5.82 Å². The molecule has 0 radical (unpaired) electrons. The van der Waals surface area contributed by atoms with E-state index >= 15 is 0 Å². The van der Waals surface area contributed by atoms with Crippen LogP contribution in [0.5, 0.6) is 0 Å². The average molecular weight is 283 g/mol. The molecule has 1 aliphatic carbocycles. The molecule has 5 nitrogen and oxygen atoms in total. The number of fused-ring (bicyclic) bond motifs is 1. The van der Waals surface area contributed by atoms with Crippen molar-refractivity contribution in [1.82, 2.24) is 19.9 Å². The summed E-state index contributed by atoms with van der Waals surface area (Å²) in [5, 5.41) is 3.45. The molecule has 0 spiro atoms. The molecule has 21 heavy (non-hydrogen) atoms. The van der Waals surface area contributed by atoms with Crippen LogP contribution in [0.4, 0.5) is 5.82 Å². The smallest absolute Gasteiger partial charge is 0.180 e. The van der Waals surface area contributed by atoms with Gasteiger partial charge in [0.2, 0.25) is 0 Å². The maximum Gasteiger partial charge on any atom is 0.180 e. The van der Waals surface area contributed by atoms with Crippen LogP contribution in [-0.2, 0) is 12.8 Å². The van der Waals surface area contributed by atoms with Crippen molar-refractivity contribution < 1.29 is 0 Å². The maximum atomic E-state index is 4.75. The number of nitrogens with one attached hydrogen (secondary N) is 1. The minimum Gasteiger partial charge on any atom is -0.370 e. The minimum atomic E-state index is 0.708. The van der Waals surface area contributed by atoms with Gasteiger partial charge in [-0.05, 0) is 45.1 Å². The molecule has 2 heterocycles. The first-order valence-electron chi connectivity index (χ1n) is 7.71. The van der Waals surface area contributed by atoms with Crippen molar-refractivity contribution in [3.05, 3.63) is 29.3 Å². The fourth-order valence-corrected chi connectivity index (χ4v) is 2.68. The van der Waals surface area contributed by atoms with Gasteiger partial charge in [0.25, 0.3) is 0 Å². The Bertz CT molecular complexity index is 639. The lowest BCUT2D eigenvalue weighted by Crippen LogP contribution is -2.14. The molecule has 0 fully saturated rings. The molecule has 0 amide bonds. The summed E-state index contributed by atoms with van der Waals surface area (Å²) < 4.78 is 0. The van der Waals surface area contributed by atoms with Gasteiger partial charge in [-0.3, -0.25) is 0 Å². The van der Waals surface area contributed by atoms with Crippen LogP contribution in [0.2, 0.25) is 0 Å². The lowest BCUT2D eigenvalue weighted by atomic mass is 9.96. The first-order chi connectivity index (χ1) is 10.3. The standard InChI is InChI=1S/C16H21N5/c1-3-9-18-15-12-6-4-5-7-13(12)20-16(21-15)14-8-10-17-11(2)19-14/h8,10H,3-7,9H2,1-2H3,(H,18,20,21). The number of rotatable bonds is 4. The molecule has 1 aliphatic rings. The number of nitrogens with zero attached hydrogens (tertiary/aromatic N) is 4. The van der Waals surface area contributed by atoms with E-state index < -0.39 is 0 Å². The molecule has 0 saturated carbocycles. The molecule has 5 heteroatoms. The van der Waals surface area contributed by atoms with Gasteiger partial charge in [-0.25, -0.2) is 19.9 Å². The zero-order valence-electron chi connectivity index (χ0n) is 12.7. The third kappa shape index (κ3) is 3.01. The topological polar surface area (TPSA) is 63.6 Å². The van der Waals surface area contributed by atoms with Crippen LogP contribution in [0.25, 0.3) is 11.5 Å². The van der Waals surface area contributed by atoms with Crippen LogP contribution in [0, 0.1) is 6.92 Å². The average Bonchev–Trinajstić information content (AvgIpc) is 2.52. The first kappa shape index (κ1) is 13.9. The van der Waals surface area contributed by atoms with E-state index in [1.54, 1.807) is 6.20 Å². The summed E-state index contributed by atoms with van der Waals surface area (Å²) in [6, 6.07) is 1.88. The largest absolute Gasteiger partial charge is 0.370 e. The molecule has 0 aliphatic heterocycles. The fraction of sp³-hybridized carbons (Fsp3) is 0.500. The van der Waals surface area contributed by atoms with Crippen LogP contribution in [0.3, 0.4) is 0 Å². The quantitative estimate of drug-likeness (QED) is 0.934. The first-order valence-corrected chi connectivity index (χ1v) is 7.71. The third-order valence-corrected chi connectivity index (χ3v) is 3.73. The van der Waals surface area contributed by atoms with E-state index in [2.05, 4.69) is 22.2 Å². The summed E-state index contributed by atoms with van der Waals surface area (Å²) in [5.74, 6) is 2.45. The zero-order chi connectivity index (χ0) is 14.7. The number of hydrogen-bond acceptors (Lipinski definition) is 5. The molecule has 110 valence electrons. The van der Waals surface area contributed by atoms with Crippen LogP contribution in [0.1, 0.15) is 43.3 Å². The summed E-state index contributed by atoms with van der Waals surface area (Å²) in [6.45, 7) is 4.99. The predicted octanol–water partition coefficient (Wildman–Crippen LogP) is 2.94. The highest BCUT2D eigenvalue weighted by atomic mass is 15.1. The summed E-state index contributed by atoms with van der Waals surface area (Å²) in [7, 11) is 0. The van der Waals surface area contributed by atoms with E-state index in [0.29, 0.717) is 5.82 Å². The molecule has 0 aromatic carbocycles. The SMILES string of the molecule is CCCNc1nc(-c2ccnc(C)n2)nc2c1CCCC2. The predicted molar refractivity (Wildman–Crippen MR) is 83.2 cm³/mol. The van der Waals surface area contributed by atoms with Gasteiger partial charge in [-0.2, -0.15) is 0 Å². The minimum absolute atomic E-state index is 0.708. The molecule has 0 bridgehead atoms. The molecular formula is C16H21N5. The number of aromatic nitrogens is 4. The fourth-order valence-electron chi connectivity index (χ4n) is 2.68. The summed E-state index contributed by atoms with van der Waals surface area (Å²) in [4.78, 5) is 18.1. The van der Waals surface area contributed by atoms with Gasteiger partial charge in [-0.1, -0.05) is 6.92 Å². The Kier molecular flexibility index (Phi) is 4.08. The highest BCUT2D eigenvalue weighted by Gasteiger charge is 2.18. The lowest BCUT2D eigenvalue weighted by Gasteiger charge is -2.19. The van der Waals surface area contributed by atoms with Crippen molar-refractivity contribution in [1.29, 1.82) is 0 Å². The van der Waals surface area contributed by atoms with Crippen molar-refractivity contribution in [3.63, 3.8) is 0 Å². The van der Waals surface area contributed by atoms with E-state index in [1.165, 1.54) is 24.1 Å². The van der Waals surface area contributed by atoms with Crippen molar-refractivity contribution in [2.24, 2.45) is 0 Å². The Labute approximate surface area is 125 Å². The second kappa shape index (κ2) is 6.16. The van der Waals surface area contributed by atoms with Crippen molar-refractivity contribution in [2.75, 3.05) is 11.9 Å². The summed E-state index contributed by atoms with van der Waals surface area (Å²) in [5.41, 5.74) is 3.28. The molecular weight excluding hydrogens is 262 g/mol. The molecule has 0 saturated heterocycles. The molecule has 0 unspecified atom stereocenters. The summed E-state index contributed by atoms with van der Waals surface area (Å²) in [6.07, 6.45) is 7.39. The lowest BCUT2D eigenvalue weighted by molar-refractivity contribution is 0.664. The third-order valence-electron chi connectivity index (χ3n) is 3.73. The monoisotopic (exact) mass is 283 g/mol. The van der Waals surface area contributed by atoms with Crippen molar-refractivity contribution in [2.45, 2.75) is 46.0 Å². The van der Waals surface area contributed by atoms with Gasteiger partial charge in [0.15, 0.2) is 5.82 Å². The maximum absolute atomic E-state index is 4.75. The van der Waals surface area contributed by atoms with Gasteiger partial charge in [0.1, 0.15) is 17.3 Å².